The Morgan fingerprint density at radius 1 is 1.09 bits per heavy atom. The van der Waals surface area contributed by atoms with Crippen LogP contribution in [-0.2, 0) is 0 Å². The molecule has 2 aromatic carbocycles. The Kier molecular flexibility index (Phi) is 3.15. The fourth-order valence-corrected chi connectivity index (χ4v) is 4.19. The lowest BCUT2D eigenvalue weighted by Crippen LogP contribution is -2.31. The Balaban J connectivity index is 1.79. The molecule has 4 heteroatoms. The van der Waals surface area contributed by atoms with Crippen molar-refractivity contribution in [3.8, 4) is 0 Å². The van der Waals surface area contributed by atoms with Crippen molar-refractivity contribution in [3.05, 3.63) is 65.2 Å². The van der Waals surface area contributed by atoms with Crippen LogP contribution in [-0.4, -0.2) is 23.1 Å². The van der Waals surface area contributed by atoms with Crippen molar-refractivity contribution in [2.24, 2.45) is 0 Å². The molecule has 0 unspecified atom stereocenters. The average molecular weight is 356 g/mol. The molecule has 0 fully saturated rings. The molecule has 22 heavy (non-hydrogen) atoms. The molecule has 0 N–H and O–H groups in total. The first-order valence-electron chi connectivity index (χ1n) is 7.35. The number of hydrogen-bond donors (Lipinski definition) is 0. The number of halogens is 1. The Hall–Kier alpha value is -1.94. The van der Waals surface area contributed by atoms with Crippen LogP contribution in [0.2, 0.25) is 0 Å². The molecule has 2 aromatic rings. The smallest absolute Gasteiger partial charge is 0.258 e. The Morgan fingerprint density at radius 3 is 2.64 bits per heavy atom. The van der Waals surface area contributed by atoms with Gasteiger partial charge in [-0.05, 0) is 30.2 Å². The van der Waals surface area contributed by atoms with E-state index in [1.807, 2.05) is 53.4 Å². The molecule has 0 spiro atoms. The Labute approximate surface area is 137 Å². The van der Waals surface area contributed by atoms with Crippen LogP contribution < -0.4 is 4.90 Å². The van der Waals surface area contributed by atoms with Crippen LogP contribution in [0.5, 0.6) is 0 Å². The van der Waals surface area contributed by atoms with Crippen molar-refractivity contribution in [1.82, 2.24) is 0 Å². The molecule has 4 rings (SSSR count). The third kappa shape index (κ3) is 1.94. The van der Waals surface area contributed by atoms with Crippen molar-refractivity contribution in [2.45, 2.75) is 17.2 Å². The van der Waals surface area contributed by atoms with E-state index < -0.39 is 0 Å². The van der Waals surface area contributed by atoms with E-state index in [2.05, 4.69) is 15.9 Å². The van der Waals surface area contributed by atoms with Crippen LogP contribution in [0.25, 0.3) is 0 Å². The number of Topliss-reactive ketones (excluding diaryl/α,β-unsaturated/α-hetero) is 1. The van der Waals surface area contributed by atoms with Crippen LogP contribution >= 0.6 is 15.9 Å². The molecule has 0 saturated heterocycles. The minimum atomic E-state index is -0.146. The quantitative estimate of drug-likeness (QED) is 0.730. The van der Waals surface area contributed by atoms with Crippen LogP contribution in [0, 0.1) is 0 Å². The van der Waals surface area contributed by atoms with E-state index >= 15 is 0 Å². The summed E-state index contributed by atoms with van der Waals surface area (Å²) >= 11 is 3.48. The molecule has 1 heterocycles. The van der Waals surface area contributed by atoms with Gasteiger partial charge in [0.2, 0.25) is 0 Å². The lowest BCUT2D eigenvalue weighted by Gasteiger charge is -2.23. The Bertz CT molecular complexity index is 772. The normalized spacial score (nSPS) is 22.6. The maximum absolute atomic E-state index is 12.8. The maximum Gasteiger partial charge on any atom is 0.258 e. The van der Waals surface area contributed by atoms with Gasteiger partial charge in [-0.1, -0.05) is 46.3 Å². The van der Waals surface area contributed by atoms with Gasteiger partial charge < -0.3 is 4.90 Å². The third-order valence-electron chi connectivity index (χ3n) is 4.49. The zero-order valence-corrected chi connectivity index (χ0v) is 13.4. The van der Waals surface area contributed by atoms with Crippen molar-refractivity contribution in [3.63, 3.8) is 0 Å². The monoisotopic (exact) mass is 355 g/mol. The molecular formula is C18H14BrNO2. The van der Waals surface area contributed by atoms with E-state index in [0.29, 0.717) is 12.1 Å². The second-order valence-electron chi connectivity index (χ2n) is 5.78. The summed E-state index contributed by atoms with van der Waals surface area (Å²) in [7, 11) is 0. The first-order valence-corrected chi connectivity index (χ1v) is 8.26. The van der Waals surface area contributed by atoms with Gasteiger partial charge in [-0.25, -0.2) is 0 Å². The van der Waals surface area contributed by atoms with Gasteiger partial charge in [-0.15, -0.1) is 0 Å². The highest BCUT2D eigenvalue weighted by Crippen LogP contribution is 2.46. The van der Waals surface area contributed by atoms with Gasteiger partial charge in [0.25, 0.3) is 5.91 Å². The number of ketones is 1. The standard InChI is InChI=1S/C18H14BrNO2/c19-14-9-12-10-20(18(22)11-5-2-1-3-6-11)15-8-4-7-13(16(12)15)17(14)21/h1-8,12,14H,9-10H2/t12-,14+/m1/s1. The molecule has 1 aliphatic heterocycles. The summed E-state index contributed by atoms with van der Waals surface area (Å²) in [6, 6.07) is 15.0. The number of hydrogen-bond acceptors (Lipinski definition) is 2. The topological polar surface area (TPSA) is 37.4 Å². The summed E-state index contributed by atoms with van der Waals surface area (Å²) in [5, 5.41) is 0. The minimum absolute atomic E-state index is 0.00183. The first kappa shape index (κ1) is 13.7. The van der Waals surface area contributed by atoms with Gasteiger partial charge >= 0.3 is 0 Å². The maximum atomic E-state index is 12.8. The second-order valence-corrected chi connectivity index (χ2v) is 6.89. The summed E-state index contributed by atoms with van der Waals surface area (Å²) in [5.74, 6) is 0.366. The lowest BCUT2D eigenvalue weighted by atomic mass is 9.83. The molecule has 110 valence electrons. The molecule has 1 amide bonds. The summed E-state index contributed by atoms with van der Waals surface area (Å²) in [5.41, 5.74) is 3.39. The SMILES string of the molecule is O=C1c2cccc3c2[C@H](C[C@@H]1Br)CN3C(=O)c1ccccc1. The molecule has 3 nitrogen and oxygen atoms in total. The second kappa shape index (κ2) is 5.06. The number of alkyl halides is 1. The summed E-state index contributed by atoms with van der Waals surface area (Å²) in [6.45, 7) is 0.648. The van der Waals surface area contributed by atoms with Gasteiger partial charge in [0.1, 0.15) is 0 Å². The molecular weight excluding hydrogens is 342 g/mol. The summed E-state index contributed by atoms with van der Waals surface area (Å²) < 4.78 is 0. The van der Waals surface area contributed by atoms with Gasteiger partial charge in [-0.3, -0.25) is 9.59 Å². The summed E-state index contributed by atoms with van der Waals surface area (Å²) in [6.07, 6.45) is 0.751. The minimum Gasteiger partial charge on any atom is -0.307 e. The Morgan fingerprint density at radius 2 is 1.86 bits per heavy atom. The zero-order valence-electron chi connectivity index (χ0n) is 11.8. The van der Waals surface area contributed by atoms with E-state index in [9.17, 15) is 9.59 Å². The van der Waals surface area contributed by atoms with Crippen LogP contribution in [0.3, 0.4) is 0 Å². The number of rotatable bonds is 1. The van der Waals surface area contributed by atoms with Gasteiger partial charge in [0, 0.05) is 29.3 Å². The van der Waals surface area contributed by atoms with E-state index in [4.69, 9.17) is 0 Å². The fourth-order valence-electron chi connectivity index (χ4n) is 3.49. The highest BCUT2D eigenvalue weighted by molar-refractivity contribution is 9.10. The van der Waals surface area contributed by atoms with E-state index in [1.54, 1.807) is 0 Å². The van der Waals surface area contributed by atoms with Crippen LogP contribution in [0.15, 0.2) is 48.5 Å². The molecule has 0 saturated carbocycles. The zero-order chi connectivity index (χ0) is 15.3. The van der Waals surface area contributed by atoms with E-state index in [0.717, 1.165) is 23.2 Å². The molecule has 0 aromatic heterocycles. The fraction of sp³-hybridized carbons (Fsp3) is 0.222. The number of amides is 1. The van der Waals surface area contributed by atoms with Gasteiger partial charge in [-0.2, -0.15) is 0 Å². The summed E-state index contributed by atoms with van der Waals surface area (Å²) in [4.78, 5) is 26.8. The van der Waals surface area contributed by atoms with Crippen LogP contribution in [0.4, 0.5) is 5.69 Å². The predicted octanol–water partition coefficient (Wildman–Crippen LogP) is 3.78. The van der Waals surface area contributed by atoms with Gasteiger partial charge in [0.05, 0.1) is 4.83 Å². The largest absolute Gasteiger partial charge is 0.307 e. The molecule has 2 atom stereocenters. The predicted molar refractivity (Wildman–Crippen MR) is 89.0 cm³/mol. The molecule has 1 aliphatic carbocycles. The number of anilines is 1. The molecule has 0 bridgehead atoms. The number of benzene rings is 2. The highest BCUT2D eigenvalue weighted by atomic mass is 79.9. The van der Waals surface area contributed by atoms with E-state index in [1.165, 1.54) is 0 Å². The number of carbonyl (C=O) groups is 2. The number of nitrogens with zero attached hydrogens (tertiary/aromatic N) is 1. The van der Waals surface area contributed by atoms with Crippen molar-refractivity contribution < 1.29 is 9.59 Å². The highest BCUT2D eigenvalue weighted by Gasteiger charge is 2.41. The van der Waals surface area contributed by atoms with E-state index in [-0.39, 0.29) is 22.4 Å². The van der Waals surface area contributed by atoms with Crippen LogP contribution in [0.1, 0.15) is 38.6 Å². The van der Waals surface area contributed by atoms with Gasteiger partial charge in [0.15, 0.2) is 5.78 Å². The number of carbonyl (C=O) groups excluding carboxylic acids is 2. The first-order chi connectivity index (χ1) is 10.7. The van der Waals surface area contributed by atoms with Crippen molar-refractivity contribution >= 4 is 33.3 Å². The molecule has 0 radical (unpaired) electrons. The average Bonchev–Trinajstić information content (AvgIpc) is 2.92. The van der Waals surface area contributed by atoms with Crippen molar-refractivity contribution in [1.29, 1.82) is 0 Å². The van der Waals surface area contributed by atoms with Crippen molar-refractivity contribution in [2.75, 3.05) is 11.4 Å². The lowest BCUT2D eigenvalue weighted by molar-refractivity contribution is 0.0978. The third-order valence-corrected chi connectivity index (χ3v) is 5.28. The molecule has 2 aliphatic rings.